The van der Waals surface area contributed by atoms with Gasteiger partial charge in [0.2, 0.25) is 0 Å². The molecule has 3 heteroatoms. The lowest BCUT2D eigenvalue weighted by atomic mass is 10.0. The molecule has 0 aliphatic carbocycles. The Kier molecular flexibility index (Phi) is 5.33. The number of carbonyl (C=O) groups is 1. The van der Waals surface area contributed by atoms with E-state index in [0.29, 0.717) is 6.54 Å². The van der Waals surface area contributed by atoms with Crippen LogP contribution in [0.4, 0.5) is 0 Å². The smallest absolute Gasteiger partial charge is 0.251 e. The van der Waals surface area contributed by atoms with E-state index in [9.17, 15) is 4.79 Å². The SMILES string of the molecule is O=C(NCCCSc1ccccc1)c1cccc2ccccc12. The summed E-state index contributed by atoms with van der Waals surface area (Å²) >= 11 is 1.82. The van der Waals surface area contributed by atoms with Crippen LogP contribution in [0.25, 0.3) is 10.8 Å². The lowest BCUT2D eigenvalue weighted by Gasteiger charge is -2.08. The monoisotopic (exact) mass is 321 g/mol. The van der Waals surface area contributed by atoms with Gasteiger partial charge in [0.05, 0.1) is 0 Å². The summed E-state index contributed by atoms with van der Waals surface area (Å²) in [5.74, 6) is 1.01. The highest BCUT2D eigenvalue weighted by Gasteiger charge is 2.08. The molecule has 23 heavy (non-hydrogen) atoms. The Morgan fingerprint density at radius 2 is 1.61 bits per heavy atom. The van der Waals surface area contributed by atoms with Crippen molar-refractivity contribution in [3.63, 3.8) is 0 Å². The number of hydrogen-bond acceptors (Lipinski definition) is 2. The summed E-state index contributed by atoms with van der Waals surface area (Å²) in [6, 6.07) is 24.2. The standard InChI is InChI=1S/C20H19NOS/c22-20(19-13-6-9-16-8-4-5-12-18(16)19)21-14-7-15-23-17-10-2-1-3-11-17/h1-6,8-13H,7,14-15H2,(H,21,22). The predicted octanol–water partition coefficient (Wildman–Crippen LogP) is 4.75. The Labute approximate surface area is 140 Å². The lowest BCUT2D eigenvalue weighted by molar-refractivity contribution is 0.0955. The van der Waals surface area contributed by atoms with Crippen LogP contribution in [0.5, 0.6) is 0 Å². The van der Waals surface area contributed by atoms with Crippen molar-refractivity contribution >= 4 is 28.4 Å². The van der Waals surface area contributed by atoms with Gasteiger partial charge in [0, 0.05) is 17.0 Å². The largest absolute Gasteiger partial charge is 0.352 e. The van der Waals surface area contributed by atoms with E-state index in [0.717, 1.165) is 28.5 Å². The van der Waals surface area contributed by atoms with Gasteiger partial charge in [-0.1, -0.05) is 54.6 Å². The summed E-state index contributed by atoms with van der Waals surface area (Å²) in [6.45, 7) is 0.696. The van der Waals surface area contributed by atoms with E-state index in [-0.39, 0.29) is 5.91 Å². The molecule has 0 heterocycles. The van der Waals surface area contributed by atoms with Crippen molar-refractivity contribution in [2.75, 3.05) is 12.3 Å². The first-order valence-corrected chi connectivity index (χ1v) is 8.77. The predicted molar refractivity (Wildman–Crippen MR) is 98.1 cm³/mol. The average Bonchev–Trinajstić information content (AvgIpc) is 2.61. The van der Waals surface area contributed by atoms with Crippen LogP contribution in [-0.2, 0) is 0 Å². The highest BCUT2D eigenvalue weighted by atomic mass is 32.2. The van der Waals surface area contributed by atoms with Crippen molar-refractivity contribution in [1.82, 2.24) is 5.32 Å². The second-order valence-electron chi connectivity index (χ2n) is 5.30. The molecule has 0 atom stereocenters. The van der Waals surface area contributed by atoms with Crippen LogP contribution in [0.2, 0.25) is 0 Å². The molecule has 3 rings (SSSR count). The van der Waals surface area contributed by atoms with Crippen molar-refractivity contribution in [3.8, 4) is 0 Å². The quantitative estimate of drug-likeness (QED) is 0.524. The van der Waals surface area contributed by atoms with E-state index < -0.39 is 0 Å². The van der Waals surface area contributed by atoms with E-state index in [1.165, 1.54) is 4.90 Å². The molecular weight excluding hydrogens is 302 g/mol. The van der Waals surface area contributed by atoms with Gasteiger partial charge in [-0.05, 0) is 41.1 Å². The van der Waals surface area contributed by atoms with Crippen molar-refractivity contribution in [2.24, 2.45) is 0 Å². The molecule has 0 unspecified atom stereocenters. The molecule has 0 aliphatic heterocycles. The summed E-state index contributed by atoms with van der Waals surface area (Å²) in [4.78, 5) is 13.6. The van der Waals surface area contributed by atoms with Crippen LogP contribution in [0.15, 0.2) is 77.7 Å². The van der Waals surface area contributed by atoms with Crippen LogP contribution >= 0.6 is 11.8 Å². The van der Waals surface area contributed by atoms with E-state index in [1.807, 2.05) is 72.4 Å². The fourth-order valence-corrected chi connectivity index (χ4v) is 3.37. The maximum atomic E-state index is 12.4. The van der Waals surface area contributed by atoms with E-state index >= 15 is 0 Å². The first-order valence-electron chi connectivity index (χ1n) is 7.78. The number of rotatable bonds is 6. The molecule has 2 nitrogen and oxygen atoms in total. The molecule has 0 saturated heterocycles. The number of thioether (sulfide) groups is 1. The number of nitrogens with one attached hydrogen (secondary N) is 1. The van der Waals surface area contributed by atoms with Gasteiger partial charge in [-0.25, -0.2) is 0 Å². The Morgan fingerprint density at radius 1 is 0.870 bits per heavy atom. The normalized spacial score (nSPS) is 10.6. The maximum Gasteiger partial charge on any atom is 0.251 e. The molecule has 0 aliphatic rings. The Bertz CT molecular complexity index is 781. The number of amides is 1. The van der Waals surface area contributed by atoms with Crippen molar-refractivity contribution in [1.29, 1.82) is 0 Å². The zero-order chi connectivity index (χ0) is 15.9. The van der Waals surface area contributed by atoms with Gasteiger partial charge in [0.25, 0.3) is 5.91 Å². The van der Waals surface area contributed by atoms with Gasteiger partial charge >= 0.3 is 0 Å². The number of fused-ring (bicyclic) bond motifs is 1. The van der Waals surface area contributed by atoms with Crippen LogP contribution < -0.4 is 5.32 Å². The Balaban J connectivity index is 1.51. The van der Waals surface area contributed by atoms with Crippen molar-refractivity contribution in [2.45, 2.75) is 11.3 Å². The van der Waals surface area contributed by atoms with Crippen LogP contribution in [0, 0.1) is 0 Å². The second kappa shape index (κ2) is 7.84. The lowest BCUT2D eigenvalue weighted by Crippen LogP contribution is -2.25. The molecular formula is C20H19NOS. The van der Waals surface area contributed by atoms with Crippen molar-refractivity contribution < 1.29 is 4.79 Å². The van der Waals surface area contributed by atoms with Crippen molar-refractivity contribution in [3.05, 3.63) is 78.4 Å². The van der Waals surface area contributed by atoms with Gasteiger partial charge in [-0.15, -0.1) is 11.8 Å². The summed E-state index contributed by atoms with van der Waals surface area (Å²) in [6.07, 6.45) is 0.954. The second-order valence-corrected chi connectivity index (χ2v) is 6.47. The molecule has 0 spiro atoms. The minimum absolute atomic E-state index is 0.00603. The molecule has 1 N–H and O–H groups in total. The number of hydrogen-bond donors (Lipinski definition) is 1. The zero-order valence-corrected chi connectivity index (χ0v) is 13.7. The highest BCUT2D eigenvalue weighted by Crippen LogP contribution is 2.19. The van der Waals surface area contributed by atoms with Crippen LogP contribution in [0.3, 0.4) is 0 Å². The molecule has 1 amide bonds. The summed E-state index contributed by atoms with van der Waals surface area (Å²) in [5, 5.41) is 5.13. The maximum absolute atomic E-state index is 12.4. The Morgan fingerprint density at radius 3 is 2.48 bits per heavy atom. The third-order valence-corrected chi connectivity index (χ3v) is 4.75. The molecule has 0 fully saturated rings. The fraction of sp³-hybridized carbons (Fsp3) is 0.150. The molecule has 0 radical (unpaired) electrons. The minimum atomic E-state index is 0.00603. The summed E-state index contributed by atoms with van der Waals surface area (Å²) in [7, 11) is 0. The summed E-state index contributed by atoms with van der Waals surface area (Å²) < 4.78 is 0. The van der Waals surface area contributed by atoms with E-state index in [1.54, 1.807) is 0 Å². The summed E-state index contributed by atoms with van der Waals surface area (Å²) in [5.41, 5.74) is 0.749. The fourth-order valence-electron chi connectivity index (χ4n) is 2.50. The van der Waals surface area contributed by atoms with E-state index in [4.69, 9.17) is 0 Å². The first-order chi connectivity index (χ1) is 11.3. The zero-order valence-electron chi connectivity index (χ0n) is 12.9. The minimum Gasteiger partial charge on any atom is -0.352 e. The topological polar surface area (TPSA) is 29.1 Å². The van der Waals surface area contributed by atoms with Gasteiger partial charge in [-0.3, -0.25) is 4.79 Å². The molecule has 0 aromatic heterocycles. The number of carbonyl (C=O) groups excluding carboxylic acids is 1. The third-order valence-electron chi connectivity index (χ3n) is 3.65. The number of benzene rings is 3. The van der Waals surface area contributed by atoms with Gasteiger partial charge in [-0.2, -0.15) is 0 Å². The molecule has 3 aromatic rings. The Hall–Kier alpha value is -2.26. The van der Waals surface area contributed by atoms with Crippen LogP contribution in [0.1, 0.15) is 16.8 Å². The third kappa shape index (κ3) is 4.14. The molecule has 0 saturated carbocycles. The molecule has 3 aromatic carbocycles. The van der Waals surface area contributed by atoms with Crippen LogP contribution in [-0.4, -0.2) is 18.2 Å². The molecule has 0 bridgehead atoms. The van der Waals surface area contributed by atoms with Gasteiger partial charge < -0.3 is 5.32 Å². The highest BCUT2D eigenvalue weighted by molar-refractivity contribution is 7.99. The van der Waals surface area contributed by atoms with E-state index in [2.05, 4.69) is 17.4 Å². The van der Waals surface area contributed by atoms with Gasteiger partial charge in [0.15, 0.2) is 0 Å². The van der Waals surface area contributed by atoms with Gasteiger partial charge in [0.1, 0.15) is 0 Å². The molecule has 116 valence electrons. The average molecular weight is 321 g/mol. The first kappa shape index (κ1) is 15.6.